The summed E-state index contributed by atoms with van der Waals surface area (Å²) in [5.41, 5.74) is 1.73. The van der Waals surface area contributed by atoms with Gasteiger partial charge in [-0.2, -0.15) is 14.8 Å². The van der Waals surface area contributed by atoms with Gasteiger partial charge < -0.3 is 4.52 Å². The van der Waals surface area contributed by atoms with Crippen LogP contribution in [0.5, 0.6) is 0 Å². The first-order chi connectivity index (χ1) is 14.2. The molecule has 6 nitrogen and oxygen atoms in total. The molecule has 0 spiro atoms. The van der Waals surface area contributed by atoms with Crippen LogP contribution in [0.3, 0.4) is 0 Å². The predicted octanol–water partition coefficient (Wildman–Crippen LogP) is 4.87. The first-order valence-corrected chi connectivity index (χ1v) is 9.67. The Kier molecular flexibility index (Phi) is 4.29. The number of halogens is 1. The molecule has 0 bridgehead atoms. The van der Waals surface area contributed by atoms with E-state index < -0.39 is 0 Å². The van der Waals surface area contributed by atoms with E-state index in [4.69, 9.17) is 4.52 Å². The number of fused-ring (bicyclic) bond motifs is 1. The molecule has 0 amide bonds. The molecule has 5 aromatic rings. The average Bonchev–Trinajstić information content (AvgIpc) is 3.25. The van der Waals surface area contributed by atoms with Crippen molar-refractivity contribution in [1.29, 1.82) is 0 Å². The van der Waals surface area contributed by atoms with Crippen molar-refractivity contribution in [3.63, 3.8) is 0 Å². The second kappa shape index (κ2) is 7.10. The summed E-state index contributed by atoms with van der Waals surface area (Å²) < 4.78 is 7.81. The van der Waals surface area contributed by atoms with Crippen LogP contribution in [0.1, 0.15) is 0 Å². The molecule has 3 aromatic carbocycles. The van der Waals surface area contributed by atoms with Crippen LogP contribution in [0.15, 0.2) is 92.7 Å². The van der Waals surface area contributed by atoms with E-state index in [0.29, 0.717) is 28.0 Å². The van der Waals surface area contributed by atoms with E-state index >= 15 is 0 Å². The summed E-state index contributed by atoms with van der Waals surface area (Å²) in [4.78, 5) is 17.5. The van der Waals surface area contributed by atoms with Gasteiger partial charge >= 0.3 is 0 Å². The minimum Gasteiger partial charge on any atom is -0.332 e. The zero-order valence-electron chi connectivity index (χ0n) is 15.0. The van der Waals surface area contributed by atoms with Gasteiger partial charge in [-0.3, -0.25) is 4.79 Å². The maximum Gasteiger partial charge on any atom is 0.279 e. The summed E-state index contributed by atoms with van der Waals surface area (Å²) in [5.74, 6) is 0.700. The third-order valence-corrected chi connectivity index (χ3v) is 5.01. The van der Waals surface area contributed by atoms with Gasteiger partial charge in [0.25, 0.3) is 11.4 Å². The van der Waals surface area contributed by atoms with E-state index in [-0.39, 0.29) is 11.4 Å². The van der Waals surface area contributed by atoms with Gasteiger partial charge in [0.1, 0.15) is 0 Å². The van der Waals surface area contributed by atoms with Gasteiger partial charge in [0.2, 0.25) is 5.82 Å². The smallest absolute Gasteiger partial charge is 0.279 e. The number of hydrogen-bond acceptors (Lipinski definition) is 5. The normalized spacial score (nSPS) is 11.1. The topological polar surface area (TPSA) is 73.8 Å². The van der Waals surface area contributed by atoms with Crippen molar-refractivity contribution in [2.75, 3.05) is 0 Å². The highest BCUT2D eigenvalue weighted by molar-refractivity contribution is 9.10. The Morgan fingerprint density at radius 2 is 1.62 bits per heavy atom. The minimum atomic E-state index is -0.206. The molecule has 140 valence electrons. The van der Waals surface area contributed by atoms with Gasteiger partial charge in [0, 0.05) is 15.4 Å². The number of rotatable bonds is 3. The van der Waals surface area contributed by atoms with Crippen molar-refractivity contribution in [2.45, 2.75) is 0 Å². The fraction of sp³-hybridized carbons (Fsp3) is 0. The van der Waals surface area contributed by atoms with Crippen LogP contribution >= 0.6 is 15.9 Å². The van der Waals surface area contributed by atoms with Crippen molar-refractivity contribution in [3.8, 4) is 28.7 Å². The maximum atomic E-state index is 13.0. The van der Waals surface area contributed by atoms with Crippen molar-refractivity contribution >= 4 is 26.7 Å². The molecule has 0 saturated carbocycles. The minimum absolute atomic E-state index is 0.206. The highest BCUT2D eigenvalue weighted by Crippen LogP contribution is 2.27. The Morgan fingerprint density at radius 3 is 2.41 bits per heavy atom. The lowest BCUT2D eigenvalue weighted by molar-refractivity contribution is 0.430. The summed E-state index contributed by atoms with van der Waals surface area (Å²) in [6.45, 7) is 0. The molecule has 0 unspecified atom stereocenters. The lowest BCUT2D eigenvalue weighted by atomic mass is 10.1. The van der Waals surface area contributed by atoms with E-state index in [0.717, 1.165) is 10.0 Å². The Hall–Kier alpha value is -3.58. The summed E-state index contributed by atoms with van der Waals surface area (Å²) in [6.07, 6.45) is 0. The number of aromatic nitrogens is 4. The maximum absolute atomic E-state index is 13.0. The largest absolute Gasteiger partial charge is 0.332 e. The van der Waals surface area contributed by atoms with Crippen LogP contribution in [-0.4, -0.2) is 19.9 Å². The molecule has 0 fully saturated rings. The molecule has 0 saturated heterocycles. The molecule has 0 aliphatic carbocycles. The SMILES string of the molecule is O=c1c2ccccc2c(-c2nc(-c3cccc(Br)c3)no2)nn1-c1ccccc1. The Bertz CT molecular complexity index is 1390. The molecule has 7 heteroatoms. The zero-order chi connectivity index (χ0) is 19.8. The van der Waals surface area contributed by atoms with Crippen molar-refractivity contribution in [1.82, 2.24) is 19.9 Å². The standard InChI is InChI=1S/C22H13BrN4O2/c23-15-8-6-7-14(13-15)20-24-21(29-26-20)19-17-11-4-5-12-18(17)22(28)27(25-19)16-9-2-1-3-10-16/h1-13H. The molecule has 0 radical (unpaired) electrons. The van der Waals surface area contributed by atoms with Crippen LogP contribution in [0.4, 0.5) is 0 Å². The lowest BCUT2D eigenvalue weighted by Crippen LogP contribution is -2.22. The number of para-hydroxylation sites is 1. The number of benzene rings is 3. The summed E-state index contributed by atoms with van der Waals surface area (Å²) in [6, 6.07) is 24.2. The molecule has 0 atom stereocenters. The molecule has 0 aliphatic heterocycles. The second-order valence-electron chi connectivity index (χ2n) is 6.38. The molecular formula is C22H13BrN4O2. The Labute approximate surface area is 173 Å². The third-order valence-electron chi connectivity index (χ3n) is 4.52. The zero-order valence-corrected chi connectivity index (χ0v) is 16.6. The lowest BCUT2D eigenvalue weighted by Gasteiger charge is -2.08. The van der Waals surface area contributed by atoms with Gasteiger partial charge in [-0.1, -0.05) is 69.6 Å². The van der Waals surface area contributed by atoms with Gasteiger partial charge in [-0.05, 0) is 30.3 Å². The van der Waals surface area contributed by atoms with E-state index in [1.807, 2.05) is 72.8 Å². The highest BCUT2D eigenvalue weighted by Gasteiger charge is 2.19. The molecule has 29 heavy (non-hydrogen) atoms. The predicted molar refractivity (Wildman–Crippen MR) is 114 cm³/mol. The van der Waals surface area contributed by atoms with E-state index in [1.165, 1.54) is 4.68 Å². The van der Waals surface area contributed by atoms with Gasteiger partial charge in [0.05, 0.1) is 11.1 Å². The van der Waals surface area contributed by atoms with Crippen molar-refractivity contribution < 1.29 is 4.52 Å². The van der Waals surface area contributed by atoms with Crippen molar-refractivity contribution in [3.05, 3.63) is 93.7 Å². The number of hydrogen-bond donors (Lipinski definition) is 0. The molecule has 2 heterocycles. The van der Waals surface area contributed by atoms with E-state index in [2.05, 4.69) is 31.2 Å². The summed E-state index contributed by atoms with van der Waals surface area (Å²) in [5, 5.41) is 9.86. The van der Waals surface area contributed by atoms with E-state index in [9.17, 15) is 4.79 Å². The molecule has 2 aromatic heterocycles. The van der Waals surface area contributed by atoms with Crippen LogP contribution in [0.25, 0.3) is 39.4 Å². The Morgan fingerprint density at radius 1 is 0.862 bits per heavy atom. The fourth-order valence-corrected chi connectivity index (χ4v) is 3.56. The first kappa shape index (κ1) is 17.5. The van der Waals surface area contributed by atoms with Crippen LogP contribution in [-0.2, 0) is 0 Å². The number of nitrogens with zero attached hydrogens (tertiary/aromatic N) is 4. The van der Waals surface area contributed by atoms with Gasteiger partial charge in [-0.15, -0.1) is 0 Å². The first-order valence-electron chi connectivity index (χ1n) is 8.88. The molecular weight excluding hydrogens is 432 g/mol. The summed E-state index contributed by atoms with van der Waals surface area (Å²) in [7, 11) is 0. The monoisotopic (exact) mass is 444 g/mol. The average molecular weight is 445 g/mol. The van der Waals surface area contributed by atoms with Gasteiger partial charge in [-0.25, -0.2) is 0 Å². The quantitative estimate of drug-likeness (QED) is 0.397. The highest BCUT2D eigenvalue weighted by atomic mass is 79.9. The van der Waals surface area contributed by atoms with Crippen LogP contribution in [0, 0.1) is 0 Å². The second-order valence-corrected chi connectivity index (χ2v) is 7.30. The molecule has 0 aliphatic rings. The van der Waals surface area contributed by atoms with Crippen LogP contribution < -0.4 is 5.56 Å². The van der Waals surface area contributed by atoms with Crippen molar-refractivity contribution in [2.24, 2.45) is 0 Å². The summed E-state index contributed by atoms with van der Waals surface area (Å²) >= 11 is 3.45. The molecule has 5 rings (SSSR count). The van der Waals surface area contributed by atoms with Crippen LogP contribution in [0.2, 0.25) is 0 Å². The third kappa shape index (κ3) is 3.15. The van der Waals surface area contributed by atoms with E-state index in [1.54, 1.807) is 6.07 Å². The molecule has 0 N–H and O–H groups in total. The Balaban J connectivity index is 1.73. The fourth-order valence-electron chi connectivity index (χ4n) is 3.16. The van der Waals surface area contributed by atoms with Gasteiger partial charge in [0.15, 0.2) is 5.69 Å².